The number of nitrogens with one attached hydrogen (secondary N) is 1. The van der Waals surface area contributed by atoms with Crippen LogP contribution in [0.15, 0.2) is 24.8 Å². The fourth-order valence-electron chi connectivity index (χ4n) is 10.6. The van der Waals surface area contributed by atoms with Crippen LogP contribution in [0.4, 0.5) is 18.4 Å². The van der Waals surface area contributed by atoms with E-state index in [0.717, 1.165) is 88.3 Å². The van der Waals surface area contributed by atoms with Gasteiger partial charge in [-0.25, -0.2) is 38.3 Å². The van der Waals surface area contributed by atoms with Gasteiger partial charge in [0.2, 0.25) is 0 Å². The van der Waals surface area contributed by atoms with Crippen molar-refractivity contribution in [3.05, 3.63) is 48.1 Å². The number of alkyl halides is 1. The van der Waals surface area contributed by atoms with Crippen LogP contribution in [0.2, 0.25) is 0 Å². The molecule has 2 aromatic heterocycles. The van der Waals surface area contributed by atoms with E-state index in [0.29, 0.717) is 36.9 Å². The molecule has 4 heterocycles. The highest BCUT2D eigenvalue weighted by molar-refractivity contribution is 6.18. The summed E-state index contributed by atoms with van der Waals surface area (Å²) in [7, 11) is 2.83. The lowest BCUT2D eigenvalue weighted by Crippen LogP contribution is -2.50. The van der Waals surface area contributed by atoms with Crippen LogP contribution >= 0.6 is 11.6 Å². The maximum Gasteiger partial charge on any atom is 0.410 e. The monoisotopic (exact) mass is 905 g/mol. The Morgan fingerprint density at radius 2 is 1.19 bits per heavy atom. The van der Waals surface area contributed by atoms with E-state index in [1.807, 2.05) is 11.8 Å². The number of amides is 2. The van der Waals surface area contributed by atoms with Crippen molar-refractivity contribution in [1.82, 2.24) is 35.1 Å². The summed E-state index contributed by atoms with van der Waals surface area (Å²) in [6, 6.07) is 0.0808. The molecule has 14 nitrogen and oxygen atoms in total. The largest absolute Gasteiger partial charge is 0.453 e. The zero-order valence-electron chi connectivity index (χ0n) is 38.5. The van der Waals surface area contributed by atoms with Crippen molar-refractivity contribution >= 4 is 23.8 Å². The first-order valence-electron chi connectivity index (χ1n) is 23.0. The number of hydrogen-bond donors (Lipinski definition) is 2. The van der Waals surface area contributed by atoms with E-state index in [4.69, 9.17) is 36.3 Å². The average molecular weight is 906 g/mol. The predicted molar refractivity (Wildman–Crippen MR) is 235 cm³/mol. The minimum atomic E-state index is -0.401. The van der Waals surface area contributed by atoms with Gasteiger partial charge in [0.25, 0.3) is 0 Å². The Morgan fingerprint density at radius 1 is 0.762 bits per heavy atom. The van der Waals surface area contributed by atoms with Crippen LogP contribution in [0.5, 0.6) is 0 Å². The normalized spacial score (nSPS) is 34.0. The first-order chi connectivity index (χ1) is 30.0. The zero-order chi connectivity index (χ0) is 45.6. The van der Waals surface area contributed by atoms with E-state index in [1.165, 1.54) is 39.0 Å². The Hall–Kier alpha value is -3.31. The maximum absolute atomic E-state index is 13.2. The number of methoxy groups -OCH3 is 2. The van der Waals surface area contributed by atoms with Gasteiger partial charge in [0.1, 0.15) is 11.6 Å². The molecule has 17 heteroatoms. The van der Waals surface area contributed by atoms with Gasteiger partial charge in [-0.05, 0) is 108 Å². The molecule has 0 radical (unpaired) electrons. The van der Waals surface area contributed by atoms with Gasteiger partial charge in [0, 0.05) is 40.9 Å². The minimum absolute atomic E-state index is 0.00386. The quantitative estimate of drug-likeness (QED) is 0.207. The van der Waals surface area contributed by atoms with E-state index < -0.39 is 11.6 Å². The lowest BCUT2D eigenvalue weighted by atomic mass is 9.86. The summed E-state index contributed by atoms with van der Waals surface area (Å²) in [5.41, 5.74) is 6.25. The molecule has 0 unspecified atom stereocenters. The first kappa shape index (κ1) is 49.1. The molecule has 6 fully saturated rings. The Labute approximate surface area is 377 Å². The third-order valence-corrected chi connectivity index (χ3v) is 14.8. The van der Waals surface area contributed by atoms with Gasteiger partial charge in [0.15, 0.2) is 11.6 Å². The number of likely N-dealkylation sites (tertiary alicyclic amines) is 2. The lowest BCUT2D eigenvalue weighted by Gasteiger charge is -2.33. The summed E-state index contributed by atoms with van der Waals surface area (Å²) in [5, 5.41) is 3.63. The van der Waals surface area contributed by atoms with Crippen molar-refractivity contribution < 1.29 is 37.3 Å². The number of hydrogen-bond acceptors (Lipinski definition) is 12. The van der Waals surface area contributed by atoms with Crippen LogP contribution in [0.25, 0.3) is 0 Å². The minimum Gasteiger partial charge on any atom is -0.453 e. The number of nitrogens with zero attached hydrogens (tertiary/aromatic N) is 6. The van der Waals surface area contributed by atoms with Crippen molar-refractivity contribution in [3.8, 4) is 0 Å². The molecule has 352 valence electrons. The number of aromatic nitrogens is 4. The molecule has 6 aliphatic rings. The summed E-state index contributed by atoms with van der Waals surface area (Å²) in [6.07, 6.45) is 14.1. The summed E-state index contributed by atoms with van der Waals surface area (Å²) >= 11 is 5.34. The summed E-state index contributed by atoms with van der Waals surface area (Å²) in [4.78, 5) is 45.0. The van der Waals surface area contributed by atoms with Gasteiger partial charge in [-0.1, -0.05) is 27.7 Å². The van der Waals surface area contributed by atoms with Crippen molar-refractivity contribution in [3.63, 3.8) is 0 Å². The van der Waals surface area contributed by atoms with Gasteiger partial charge in [-0.15, -0.1) is 11.6 Å². The molecule has 4 aliphatic carbocycles. The molecule has 8 rings (SSSR count). The highest BCUT2D eigenvalue weighted by atomic mass is 35.5. The Kier molecular flexibility index (Phi) is 16.6. The van der Waals surface area contributed by atoms with Crippen LogP contribution in [-0.4, -0.2) is 130 Å². The molecule has 12 atom stereocenters. The number of carbonyl (C=O) groups is 2. The number of carbonyl (C=O) groups excluding carboxylic acids is 2. The second-order valence-electron chi connectivity index (χ2n) is 19.7. The molecule has 63 heavy (non-hydrogen) atoms. The van der Waals surface area contributed by atoms with Gasteiger partial charge >= 0.3 is 12.2 Å². The van der Waals surface area contributed by atoms with Crippen LogP contribution in [0, 0.1) is 35.3 Å². The summed E-state index contributed by atoms with van der Waals surface area (Å²) < 4.78 is 48.8. The molecule has 2 amide bonds. The third kappa shape index (κ3) is 11.6. The predicted octanol–water partition coefficient (Wildman–Crippen LogP) is 7.17. The number of ether oxygens (including phenoxy) is 4. The highest BCUT2D eigenvalue weighted by Crippen LogP contribution is 2.62. The van der Waals surface area contributed by atoms with Crippen molar-refractivity contribution in [2.75, 3.05) is 39.9 Å². The van der Waals surface area contributed by atoms with Crippen LogP contribution in [0.1, 0.15) is 117 Å². The Morgan fingerprint density at radius 3 is 1.60 bits per heavy atom. The second kappa shape index (κ2) is 21.3. The number of fused-ring (bicyclic) bond motifs is 2. The molecule has 0 spiro atoms. The molecular formula is C46H71ClF2N8O6. The molecule has 0 aromatic carbocycles. The van der Waals surface area contributed by atoms with Crippen molar-refractivity contribution in [1.29, 1.82) is 0 Å². The number of nitrogens with two attached hydrogens (primary N) is 1. The van der Waals surface area contributed by atoms with E-state index in [1.54, 1.807) is 4.90 Å². The molecule has 4 saturated carbocycles. The fraction of sp³-hybridized carbons (Fsp3) is 0.783. The second-order valence-corrected chi connectivity index (χ2v) is 20.0. The molecule has 2 saturated heterocycles. The topological polar surface area (TPSA) is 167 Å². The summed E-state index contributed by atoms with van der Waals surface area (Å²) in [6.45, 7) is 14.5. The van der Waals surface area contributed by atoms with E-state index in [9.17, 15) is 18.4 Å². The third-order valence-electron chi connectivity index (χ3n) is 14.2. The smallest absolute Gasteiger partial charge is 0.410 e. The molecule has 2 aromatic rings. The molecule has 2 aliphatic heterocycles. The number of halogens is 3. The molecule has 3 N–H and O–H groups in total. The van der Waals surface area contributed by atoms with Gasteiger partial charge in [-0.3, -0.25) is 9.80 Å². The Bertz CT molecular complexity index is 1800. The van der Waals surface area contributed by atoms with Crippen LogP contribution in [-0.2, 0) is 29.8 Å². The summed E-state index contributed by atoms with van der Waals surface area (Å²) in [5.74, 6) is 3.68. The van der Waals surface area contributed by atoms with Gasteiger partial charge in [0.05, 0.1) is 76.5 Å². The van der Waals surface area contributed by atoms with Gasteiger partial charge < -0.3 is 30.0 Å². The van der Waals surface area contributed by atoms with E-state index in [-0.39, 0.29) is 71.5 Å². The zero-order valence-corrected chi connectivity index (χ0v) is 39.2. The SMILES string of the molecule is CC(C)CCl.COC(=O)N1[C@H](C)C[C@H](N)[C@@H]1CO[C@H]1CC[C@@]2(c3ncc(F)cn3)C[C@H]2C1.COC(=O)N1[C@H](C)C[C@H](NCC(C)C)[C@@H]1CO[C@H]1CC[C@@]2(c3ncc(F)cn3)C[C@H]2C1. The van der Waals surface area contributed by atoms with Crippen molar-refractivity contribution in [2.24, 2.45) is 29.4 Å². The maximum atomic E-state index is 13.2. The van der Waals surface area contributed by atoms with Crippen LogP contribution in [0.3, 0.4) is 0 Å². The first-order valence-corrected chi connectivity index (χ1v) is 23.6. The highest BCUT2D eigenvalue weighted by Gasteiger charge is 2.61. The lowest BCUT2D eigenvalue weighted by molar-refractivity contribution is -0.0114. The van der Waals surface area contributed by atoms with E-state index >= 15 is 0 Å². The van der Waals surface area contributed by atoms with Crippen molar-refractivity contribution in [2.45, 2.75) is 165 Å². The average Bonchev–Trinajstić information content (AvgIpc) is 4.14. The van der Waals surface area contributed by atoms with Gasteiger partial charge in [-0.2, -0.15) is 0 Å². The standard InChI is InChI=1S/C23H35FN4O3.C19H27FN4O3.C4H9Cl/c1-14(2)10-25-19-7-15(3)28(22(29)30-4)20(19)13-31-18-5-6-23(9-16(23)8-18)21-26-11-17(24)12-27-21;1-11-5-15(21)16(24(11)18(25)26-2)10-27-14-3-4-19(7-12(19)6-14)17-22-8-13(20)9-23-17;1-4(2)3-5/h11-12,14-16,18-20,25H,5-10,13H2,1-4H3;8-9,11-12,14-16H,3-7,10,21H2,1-2H3;4H,3H2,1-2H3/t15-,16-,18+,19+,20+,23-;11-,12-,14+,15+,16+,19-;/m11./s1. The molecular weight excluding hydrogens is 834 g/mol. The Balaban J connectivity index is 0.000000191. The number of rotatable bonds is 12. The van der Waals surface area contributed by atoms with Crippen LogP contribution < -0.4 is 11.1 Å². The van der Waals surface area contributed by atoms with E-state index in [2.05, 4.69) is 59.9 Å². The molecule has 0 bridgehead atoms. The fourth-order valence-corrected chi connectivity index (χ4v) is 10.6.